The van der Waals surface area contributed by atoms with Crippen LogP contribution in [0.15, 0.2) is 12.7 Å². The molecule has 1 heterocycles. The highest BCUT2D eigenvalue weighted by Gasteiger charge is 2.22. The van der Waals surface area contributed by atoms with Gasteiger partial charge in [-0.2, -0.15) is 0 Å². The Hall–Kier alpha value is -0.340. The molecule has 0 aromatic rings. The maximum Gasteiger partial charge on any atom is 0.0837 e. The number of ether oxygens (including phenoxy) is 1. The van der Waals surface area contributed by atoms with E-state index in [9.17, 15) is 5.11 Å². The summed E-state index contributed by atoms with van der Waals surface area (Å²) in [6.45, 7) is 4.36. The molecule has 0 radical (unpaired) electrons. The lowest BCUT2D eigenvalue weighted by molar-refractivity contribution is 0.000581. The molecule has 0 saturated carbocycles. The zero-order valence-electron chi connectivity index (χ0n) is 6.12. The summed E-state index contributed by atoms with van der Waals surface area (Å²) in [7, 11) is 0. The molecule has 1 N–H and O–H groups in total. The topological polar surface area (TPSA) is 29.5 Å². The van der Waals surface area contributed by atoms with E-state index in [2.05, 4.69) is 6.58 Å². The van der Waals surface area contributed by atoms with Crippen LogP contribution in [0.5, 0.6) is 0 Å². The van der Waals surface area contributed by atoms with E-state index in [0.29, 0.717) is 6.42 Å². The molecule has 2 atom stereocenters. The van der Waals surface area contributed by atoms with Crippen LogP contribution >= 0.6 is 0 Å². The molecule has 1 fully saturated rings. The van der Waals surface area contributed by atoms with Crippen LogP contribution in [0.25, 0.3) is 0 Å². The molecule has 0 aromatic carbocycles. The molecular formula is C8H14O2. The van der Waals surface area contributed by atoms with E-state index in [1.807, 2.05) is 0 Å². The number of hydrogen-bond donors (Lipinski definition) is 1. The van der Waals surface area contributed by atoms with E-state index >= 15 is 0 Å². The van der Waals surface area contributed by atoms with Gasteiger partial charge in [0.05, 0.1) is 12.2 Å². The first-order valence-electron chi connectivity index (χ1n) is 3.75. The zero-order valence-corrected chi connectivity index (χ0v) is 6.12. The molecule has 1 saturated heterocycles. The Bertz CT molecular complexity index is 106. The van der Waals surface area contributed by atoms with Crippen molar-refractivity contribution in [3.05, 3.63) is 12.7 Å². The monoisotopic (exact) mass is 142 g/mol. The summed E-state index contributed by atoms with van der Waals surface area (Å²) < 4.78 is 5.27. The highest BCUT2D eigenvalue weighted by atomic mass is 16.5. The maximum absolute atomic E-state index is 9.35. The molecule has 0 spiro atoms. The molecule has 0 aliphatic carbocycles. The largest absolute Gasteiger partial charge is 0.390 e. The van der Waals surface area contributed by atoms with Gasteiger partial charge in [-0.25, -0.2) is 0 Å². The Morgan fingerprint density at radius 3 is 3.10 bits per heavy atom. The van der Waals surface area contributed by atoms with Gasteiger partial charge in [0.15, 0.2) is 0 Å². The first-order valence-corrected chi connectivity index (χ1v) is 3.75. The average Bonchev–Trinajstić information content (AvgIpc) is 2.38. The van der Waals surface area contributed by atoms with Gasteiger partial charge in [-0.05, 0) is 19.3 Å². The highest BCUT2D eigenvalue weighted by molar-refractivity contribution is 4.80. The Morgan fingerprint density at radius 1 is 1.80 bits per heavy atom. The summed E-state index contributed by atoms with van der Waals surface area (Å²) in [4.78, 5) is 0. The number of aliphatic hydroxyl groups excluding tert-OH is 1. The number of hydrogen-bond acceptors (Lipinski definition) is 2. The van der Waals surface area contributed by atoms with Crippen LogP contribution in [-0.2, 0) is 4.74 Å². The van der Waals surface area contributed by atoms with Crippen LogP contribution < -0.4 is 0 Å². The van der Waals surface area contributed by atoms with Crippen molar-refractivity contribution >= 4 is 0 Å². The van der Waals surface area contributed by atoms with Crippen molar-refractivity contribution in [3.8, 4) is 0 Å². The van der Waals surface area contributed by atoms with E-state index in [1.54, 1.807) is 6.08 Å². The molecule has 0 unspecified atom stereocenters. The molecule has 1 aliphatic rings. The van der Waals surface area contributed by atoms with Crippen LogP contribution in [0, 0.1) is 0 Å². The van der Waals surface area contributed by atoms with Crippen molar-refractivity contribution in [2.24, 2.45) is 0 Å². The van der Waals surface area contributed by atoms with Crippen molar-refractivity contribution < 1.29 is 9.84 Å². The standard InChI is InChI=1S/C8H14O2/c1-2-4-7(9)8-5-3-6-10-8/h2,7-9H,1,3-6H2/t7-,8-/m0/s1. The summed E-state index contributed by atoms with van der Waals surface area (Å²) in [6, 6.07) is 0. The third-order valence-electron chi connectivity index (χ3n) is 1.80. The van der Waals surface area contributed by atoms with E-state index in [1.165, 1.54) is 0 Å². The smallest absolute Gasteiger partial charge is 0.0837 e. The minimum absolute atomic E-state index is 0.0676. The average molecular weight is 142 g/mol. The summed E-state index contributed by atoms with van der Waals surface area (Å²) >= 11 is 0. The molecule has 1 rings (SSSR count). The van der Waals surface area contributed by atoms with Gasteiger partial charge >= 0.3 is 0 Å². The molecular weight excluding hydrogens is 128 g/mol. The lowest BCUT2D eigenvalue weighted by Gasteiger charge is -2.14. The molecule has 2 nitrogen and oxygen atoms in total. The molecule has 0 amide bonds. The van der Waals surface area contributed by atoms with Crippen molar-refractivity contribution in [1.82, 2.24) is 0 Å². The normalized spacial score (nSPS) is 28.3. The number of aliphatic hydroxyl groups is 1. The first kappa shape index (κ1) is 7.76. The van der Waals surface area contributed by atoms with Gasteiger partial charge in [0.2, 0.25) is 0 Å². The molecule has 10 heavy (non-hydrogen) atoms. The van der Waals surface area contributed by atoms with Crippen LogP contribution in [0.4, 0.5) is 0 Å². The summed E-state index contributed by atoms with van der Waals surface area (Å²) in [5, 5.41) is 9.35. The molecule has 58 valence electrons. The minimum atomic E-state index is -0.333. The quantitative estimate of drug-likeness (QED) is 0.598. The second kappa shape index (κ2) is 3.74. The second-order valence-corrected chi connectivity index (χ2v) is 2.64. The lowest BCUT2D eigenvalue weighted by atomic mass is 10.1. The Morgan fingerprint density at radius 2 is 2.60 bits per heavy atom. The summed E-state index contributed by atoms with van der Waals surface area (Å²) in [6.07, 6.45) is 4.18. The van der Waals surface area contributed by atoms with Crippen molar-refractivity contribution in [2.75, 3.05) is 6.61 Å². The van der Waals surface area contributed by atoms with Gasteiger partial charge in [-0.15, -0.1) is 6.58 Å². The Balaban J connectivity index is 2.24. The highest BCUT2D eigenvalue weighted by Crippen LogP contribution is 2.17. The van der Waals surface area contributed by atoms with Crippen molar-refractivity contribution in [1.29, 1.82) is 0 Å². The number of rotatable bonds is 3. The summed E-state index contributed by atoms with van der Waals surface area (Å²) in [5.41, 5.74) is 0. The third-order valence-corrected chi connectivity index (χ3v) is 1.80. The van der Waals surface area contributed by atoms with E-state index in [-0.39, 0.29) is 12.2 Å². The van der Waals surface area contributed by atoms with E-state index < -0.39 is 0 Å². The maximum atomic E-state index is 9.35. The van der Waals surface area contributed by atoms with Crippen LogP contribution in [0.3, 0.4) is 0 Å². The van der Waals surface area contributed by atoms with Gasteiger partial charge in [-0.1, -0.05) is 6.08 Å². The van der Waals surface area contributed by atoms with Crippen LogP contribution in [0.2, 0.25) is 0 Å². The predicted molar refractivity (Wildman–Crippen MR) is 39.8 cm³/mol. The summed E-state index contributed by atoms with van der Waals surface area (Å²) in [5.74, 6) is 0. The molecule has 0 aromatic heterocycles. The fraction of sp³-hybridized carbons (Fsp3) is 0.750. The molecule has 2 heteroatoms. The third kappa shape index (κ3) is 1.82. The van der Waals surface area contributed by atoms with Crippen LogP contribution in [-0.4, -0.2) is 23.9 Å². The van der Waals surface area contributed by atoms with Crippen molar-refractivity contribution in [3.63, 3.8) is 0 Å². The zero-order chi connectivity index (χ0) is 7.40. The molecule has 1 aliphatic heterocycles. The van der Waals surface area contributed by atoms with Crippen LogP contribution in [0.1, 0.15) is 19.3 Å². The lowest BCUT2D eigenvalue weighted by Crippen LogP contribution is -2.24. The predicted octanol–water partition coefficient (Wildman–Crippen LogP) is 1.10. The van der Waals surface area contributed by atoms with E-state index in [4.69, 9.17) is 4.74 Å². The van der Waals surface area contributed by atoms with Gasteiger partial charge in [0, 0.05) is 6.61 Å². The SMILES string of the molecule is C=CC[C@H](O)[C@@H]1CCCO1. The fourth-order valence-electron chi connectivity index (χ4n) is 1.23. The second-order valence-electron chi connectivity index (χ2n) is 2.64. The van der Waals surface area contributed by atoms with Crippen molar-refractivity contribution in [2.45, 2.75) is 31.5 Å². The Labute approximate surface area is 61.5 Å². The molecule has 0 bridgehead atoms. The van der Waals surface area contributed by atoms with Gasteiger partial charge in [-0.3, -0.25) is 0 Å². The first-order chi connectivity index (χ1) is 4.84. The van der Waals surface area contributed by atoms with E-state index in [0.717, 1.165) is 19.4 Å². The Kier molecular flexibility index (Phi) is 2.90. The van der Waals surface area contributed by atoms with Gasteiger partial charge in [0.1, 0.15) is 0 Å². The van der Waals surface area contributed by atoms with Gasteiger partial charge in [0.25, 0.3) is 0 Å². The minimum Gasteiger partial charge on any atom is -0.390 e. The van der Waals surface area contributed by atoms with Gasteiger partial charge < -0.3 is 9.84 Å². The fourth-order valence-corrected chi connectivity index (χ4v) is 1.23.